The van der Waals surface area contributed by atoms with Crippen LogP contribution in [-0.2, 0) is 26.4 Å². The van der Waals surface area contributed by atoms with E-state index in [4.69, 9.17) is 5.11 Å². The van der Waals surface area contributed by atoms with Crippen molar-refractivity contribution in [3.8, 4) is 11.8 Å². The van der Waals surface area contributed by atoms with Crippen LogP contribution in [0.3, 0.4) is 0 Å². The van der Waals surface area contributed by atoms with Gasteiger partial charge in [-0.15, -0.1) is 11.3 Å². The first-order valence-corrected chi connectivity index (χ1v) is 10.1. The molecule has 9 heteroatoms. The van der Waals surface area contributed by atoms with E-state index in [-0.39, 0.29) is 13.2 Å². The molecule has 0 bridgehead atoms. The SMILES string of the molecule is CS(=O)(=O)CCS(=O)(=O)NCc1cc(C#CCO)cs1. The maximum atomic E-state index is 11.6. The molecule has 20 heavy (non-hydrogen) atoms. The summed E-state index contributed by atoms with van der Waals surface area (Å²) in [6.45, 7) is -0.138. The third-order valence-corrected chi connectivity index (χ3v) is 5.62. The Bertz CT molecular complexity index is 707. The number of thiophene rings is 1. The molecule has 1 aromatic rings. The van der Waals surface area contributed by atoms with Crippen molar-refractivity contribution in [2.45, 2.75) is 6.54 Å². The third kappa shape index (κ3) is 7.02. The minimum Gasteiger partial charge on any atom is -0.384 e. The average molecular weight is 337 g/mol. The first-order valence-electron chi connectivity index (χ1n) is 5.54. The zero-order chi connectivity index (χ0) is 15.2. The van der Waals surface area contributed by atoms with Crippen LogP contribution in [-0.4, -0.2) is 46.3 Å². The second kappa shape index (κ2) is 7.19. The molecular weight excluding hydrogens is 322 g/mol. The number of aliphatic hydroxyl groups is 1. The largest absolute Gasteiger partial charge is 0.384 e. The minimum absolute atomic E-state index is 0.0948. The number of aliphatic hydroxyl groups excluding tert-OH is 1. The fraction of sp³-hybridized carbons (Fsp3) is 0.455. The summed E-state index contributed by atoms with van der Waals surface area (Å²) in [5.74, 6) is 4.35. The maximum Gasteiger partial charge on any atom is 0.212 e. The summed E-state index contributed by atoms with van der Waals surface area (Å²) >= 11 is 1.33. The molecule has 1 rings (SSSR count). The summed E-state index contributed by atoms with van der Waals surface area (Å²) < 4.78 is 47.4. The van der Waals surface area contributed by atoms with Crippen molar-refractivity contribution in [3.63, 3.8) is 0 Å². The van der Waals surface area contributed by atoms with Crippen molar-refractivity contribution in [2.75, 3.05) is 24.4 Å². The predicted octanol–water partition coefficient (Wildman–Crippen LogP) is -0.444. The molecule has 1 heterocycles. The van der Waals surface area contributed by atoms with Gasteiger partial charge < -0.3 is 5.11 Å². The van der Waals surface area contributed by atoms with Crippen LogP contribution in [0.15, 0.2) is 11.4 Å². The molecule has 0 aromatic carbocycles. The van der Waals surface area contributed by atoms with Crippen molar-refractivity contribution in [1.82, 2.24) is 4.72 Å². The van der Waals surface area contributed by atoms with Crippen LogP contribution in [0.2, 0.25) is 0 Å². The fourth-order valence-electron chi connectivity index (χ4n) is 1.19. The number of hydrogen-bond acceptors (Lipinski definition) is 6. The summed E-state index contributed by atoms with van der Waals surface area (Å²) in [5.41, 5.74) is 0.703. The second-order valence-electron chi connectivity index (χ2n) is 4.03. The highest BCUT2D eigenvalue weighted by Gasteiger charge is 2.14. The lowest BCUT2D eigenvalue weighted by Crippen LogP contribution is -2.28. The first kappa shape index (κ1) is 17.1. The van der Waals surface area contributed by atoms with Gasteiger partial charge in [0, 0.05) is 28.6 Å². The van der Waals surface area contributed by atoms with E-state index >= 15 is 0 Å². The van der Waals surface area contributed by atoms with Gasteiger partial charge in [0.1, 0.15) is 16.4 Å². The molecular formula is C11H15NO5S3. The van der Waals surface area contributed by atoms with E-state index in [2.05, 4.69) is 16.6 Å². The Kier molecular flexibility index (Phi) is 6.16. The van der Waals surface area contributed by atoms with Crippen LogP contribution < -0.4 is 4.72 Å². The zero-order valence-electron chi connectivity index (χ0n) is 10.8. The number of nitrogens with one attached hydrogen (secondary N) is 1. The van der Waals surface area contributed by atoms with Crippen molar-refractivity contribution in [1.29, 1.82) is 0 Å². The molecule has 112 valence electrons. The van der Waals surface area contributed by atoms with Crippen LogP contribution in [0.5, 0.6) is 0 Å². The van der Waals surface area contributed by atoms with Crippen LogP contribution in [0.4, 0.5) is 0 Å². The quantitative estimate of drug-likeness (QED) is 0.685. The van der Waals surface area contributed by atoms with E-state index in [9.17, 15) is 16.8 Å². The predicted molar refractivity (Wildman–Crippen MR) is 78.6 cm³/mol. The van der Waals surface area contributed by atoms with E-state index in [0.717, 1.165) is 11.1 Å². The lowest BCUT2D eigenvalue weighted by molar-refractivity contribution is 0.350. The van der Waals surface area contributed by atoms with Crippen molar-refractivity contribution < 1.29 is 21.9 Å². The van der Waals surface area contributed by atoms with E-state index in [1.54, 1.807) is 11.4 Å². The van der Waals surface area contributed by atoms with Crippen molar-refractivity contribution in [3.05, 3.63) is 21.9 Å². The molecule has 0 spiro atoms. The Morgan fingerprint density at radius 2 is 2.00 bits per heavy atom. The highest BCUT2D eigenvalue weighted by atomic mass is 32.2. The molecule has 0 radical (unpaired) electrons. The molecule has 0 aliphatic heterocycles. The van der Waals surface area contributed by atoms with E-state index in [0.29, 0.717) is 5.56 Å². The maximum absolute atomic E-state index is 11.6. The minimum atomic E-state index is -3.62. The van der Waals surface area contributed by atoms with Crippen LogP contribution in [0.25, 0.3) is 0 Å². The molecule has 0 aliphatic carbocycles. The molecule has 0 atom stereocenters. The van der Waals surface area contributed by atoms with Crippen LogP contribution in [0.1, 0.15) is 10.4 Å². The van der Waals surface area contributed by atoms with Crippen molar-refractivity contribution >= 4 is 31.2 Å². The van der Waals surface area contributed by atoms with Gasteiger partial charge in [0.15, 0.2) is 0 Å². The Hall–Kier alpha value is -0.920. The summed E-state index contributed by atoms with van der Waals surface area (Å²) in [6, 6.07) is 1.71. The first-order chi connectivity index (χ1) is 9.22. The Morgan fingerprint density at radius 3 is 2.60 bits per heavy atom. The van der Waals surface area contributed by atoms with Gasteiger partial charge in [-0.05, 0) is 6.07 Å². The average Bonchev–Trinajstić information content (AvgIpc) is 2.79. The van der Waals surface area contributed by atoms with Crippen LogP contribution in [0, 0.1) is 11.8 Å². The molecule has 0 saturated heterocycles. The van der Waals surface area contributed by atoms with Gasteiger partial charge in [-0.3, -0.25) is 0 Å². The standard InChI is InChI=1S/C11H15NO5S3/c1-19(14,15)5-6-20(16,17)12-8-11-7-10(9-18-11)3-2-4-13/h7,9,12-13H,4-6,8H2,1H3. The van der Waals surface area contributed by atoms with Gasteiger partial charge in [0.25, 0.3) is 0 Å². The molecule has 1 aromatic heterocycles. The number of rotatable bonds is 6. The molecule has 0 saturated carbocycles. The smallest absolute Gasteiger partial charge is 0.212 e. The summed E-state index contributed by atoms with van der Waals surface area (Å²) in [4.78, 5) is 0.759. The molecule has 0 fully saturated rings. The summed E-state index contributed by atoms with van der Waals surface area (Å²) in [7, 11) is -6.92. The molecule has 0 aliphatic rings. The van der Waals surface area contributed by atoms with E-state index in [1.165, 1.54) is 11.3 Å². The van der Waals surface area contributed by atoms with Gasteiger partial charge in [-0.2, -0.15) is 0 Å². The molecule has 0 amide bonds. The Labute approximate surface area is 122 Å². The molecule has 6 nitrogen and oxygen atoms in total. The number of sulfonamides is 1. The highest BCUT2D eigenvalue weighted by molar-refractivity contribution is 7.93. The Balaban J connectivity index is 2.56. The Morgan fingerprint density at radius 1 is 1.30 bits per heavy atom. The van der Waals surface area contributed by atoms with Crippen LogP contribution >= 0.6 is 11.3 Å². The van der Waals surface area contributed by atoms with Crippen molar-refractivity contribution in [2.24, 2.45) is 0 Å². The molecule has 2 N–H and O–H groups in total. The van der Waals surface area contributed by atoms with E-state index < -0.39 is 31.4 Å². The lowest BCUT2D eigenvalue weighted by atomic mass is 10.3. The number of sulfone groups is 1. The number of hydrogen-bond donors (Lipinski definition) is 2. The summed E-state index contributed by atoms with van der Waals surface area (Å²) in [5, 5.41) is 10.3. The monoisotopic (exact) mass is 337 g/mol. The van der Waals surface area contributed by atoms with Gasteiger partial charge in [0.2, 0.25) is 10.0 Å². The van der Waals surface area contributed by atoms with E-state index in [1.807, 2.05) is 0 Å². The third-order valence-electron chi connectivity index (χ3n) is 2.15. The van der Waals surface area contributed by atoms with Gasteiger partial charge in [-0.1, -0.05) is 11.8 Å². The fourth-order valence-corrected chi connectivity index (χ4v) is 4.65. The molecule has 0 unspecified atom stereocenters. The lowest BCUT2D eigenvalue weighted by Gasteiger charge is -2.04. The van der Waals surface area contributed by atoms with Gasteiger partial charge >= 0.3 is 0 Å². The highest BCUT2D eigenvalue weighted by Crippen LogP contribution is 2.13. The summed E-state index contributed by atoms with van der Waals surface area (Å²) in [6.07, 6.45) is 0.994. The van der Waals surface area contributed by atoms with Gasteiger partial charge in [0.05, 0.1) is 11.5 Å². The normalized spacial score (nSPS) is 11.9. The topological polar surface area (TPSA) is 101 Å². The van der Waals surface area contributed by atoms with Gasteiger partial charge in [-0.25, -0.2) is 21.6 Å². The zero-order valence-corrected chi connectivity index (χ0v) is 13.2. The second-order valence-corrected chi connectivity index (χ2v) is 9.21.